The highest BCUT2D eigenvalue weighted by molar-refractivity contribution is 5.78. The topological polar surface area (TPSA) is 108 Å². The average Bonchev–Trinajstić information content (AvgIpc) is 2.84. The summed E-state index contributed by atoms with van der Waals surface area (Å²) in [6, 6.07) is 0. The molecule has 0 aliphatic carbocycles. The zero-order valence-electron chi connectivity index (χ0n) is 14.5. The Hall–Kier alpha value is -1.99. The van der Waals surface area contributed by atoms with Crippen LogP contribution in [0.2, 0.25) is 0 Å². The Kier molecular flexibility index (Phi) is 5.90. The lowest BCUT2D eigenvalue weighted by Gasteiger charge is -2.35. The van der Waals surface area contributed by atoms with Gasteiger partial charge in [0.15, 0.2) is 0 Å². The van der Waals surface area contributed by atoms with Crippen molar-refractivity contribution in [3.8, 4) is 0 Å². The highest BCUT2D eigenvalue weighted by Crippen LogP contribution is 2.20. The van der Waals surface area contributed by atoms with Crippen LogP contribution >= 0.6 is 0 Å². The molecule has 24 heavy (non-hydrogen) atoms. The molecular formula is C15H25N5O4. The maximum absolute atomic E-state index is 12.2. The summed E-state index contributed by atoms with van der Waals surface area (Å²) >= 11 is 0. The second-order valence-electron chi connectivity index (χ2n) is 7.20. The molecule has 0 aromatic carbocycles. The molecule has 1 unspecified atom stereocenters. The van der Waals surface area contributed by atoms with Crippen molar-refractivity contribution in [2.45, 2.75) is 38.9 Å². The van der Waals surface area contributed by atoms with E-state index in [0.717, 1.165) is 0 Å². The fourth-order valence-corrected chi connectivity index (χ4v) is 2.87. The highest BCUT2D eigenvalue weighted by Gasteiger charge is 2.34. The van der Waals surface area contributed by atoms with E-state index in [1.807, 2.05) is 20.8 Å². The SMILES string of the molecule is CC(C)(C)OC(=O)N1CCO[C@H](CN2CC(CN=[N+]=[N-])CC2=O)C1. The zero-order chi connectivity index (χ0) is 17.7. The first-order valence-corrected chi connectivity index (χ1v) is 8.16. The Morgan fingerprint density at radius 3 is 2.88 bits per heavy atom. The normalized spacial score (nSPS) is 24.7. The molecule has 0 aromatic rings. The molecule has 134 valence electrons. The maximum Gasteiger partial charge on any atom is 0.410 e. The molecule has 0 N–H and O–H groups in total. The average molecular weight is 339 g/mol. The van der Waals surface area contributed by atoms with Crippen molar-refractivity contribution in [1.82, 2.24) is 9.80 Å². The van der Waals surface area contributed by atoms with Gasteiger partial charge in [0.05, 0.1) is 19.3 Å². The lowest BCUT2D eigenvalue weighted by atomic mass is 10.1. The van der Waals surface area contributed by atoms with Gasteiger partial charge in [0, 0.05) is 37.5 Å². The van der Waals surface area contributed by atoms with Gasteiger partial charge >= 0.3 is 6.09 Å². The van der Waals surface area contributed by atoms with E-state index in [1.165, 1.54) is 0 Å². The number of likely N-dealkylation sites (tertiary alicyclic amines) is 1. The standard InChI is InChI=1S/C15H25N5O4/c1-15(2,3)24-14(22)19-4-5-23-12(9-19)10-20-8-11(6-13(20)21)7-17-18-16/h11-12H,4-10H2,1-3H3/t11?,12-/m0/s1. The van der Waals surface area contributed by atoms with Crippen molar-refractivity contribution >= 4 is 12.0 Å². The van der Waals surface area contributed by atoms with Gasteiger partial charge in [-0.15, -0.1) is 0 Å². The van der Waals surface area contributed by atoms with E-state index in [2.05, 4.69) is 10.0 Å². The smallest absolute Gasteiger partial charge is 0.410 e. The number of nitrogens with zero attached hydrogens (tertiary/aromatic N) is 5. The minimum Gasteiger partial charge on any atom is -0.444 e. The molecule has 0 saturated carbocycles. The Labute approximate surface area is 141 Å². The summed E-state index contributed by atoms with van der Waals surface area (Å²) in [5.74, 6) is 0.0880. The fraction of sp³-hybridized carbons (Fsp3) is 0.867. The van der Waals surface area contributed by atoms with Gasteiger partial charge in [-0.3, -0.25) is 4.79 Å². The molecule has 0 aromatic heterocycles. The molecule has 9 nitrogen and oxygen atoms in total. The van der Waals surface area contributed by atoms with Crippen LogP contribution in [-0.4, -0.2) is 72.8 Å². The Morgan fingerprint density at radius 2 is 2.21 bits per heavy atom. The van der Waals surface area contributed by atoms with E-state index >= 15 is 0 Å². The lowest BCUT2D eigenvalue weighted by molar-refractivity contribution is -0.130. The van der Waals surface area contributed by atoms with Gasteiger partial charge in [0.25, 0.3) is 0 Å². The minimum absolute atomic E-state index is 0.0335. The van der Waals surface area contributed by atoms with E-state index in [4.69, 9.17) is 15.0 Å². The van der Waals surface area contributed by atoms with E-state index in [1.54, 1.807) is 9.80 Å². The quantitative estimate of drug-likeness (QED) is 0.442. The molecule has 2 aliphatic heterocycles. The number of hydrogen-bond acceptors (Lipinski definition) is 5. The number of azide groups is 1. The molecule has 2 amide bonds. The van der Waals surface area contributed by atoms with Gasteiger partial charge in [0.1, 0.15) is 5.60 Å². The molecule has 0 spiro atoms. The van der Waals surface area contributed by atoms with Crippen LogP contribution in [0.3, 0.4) is 0 Å². The molecular weight excluding hydrogens is 314 g/mol. The Morgan fingerprint density at radius 1 is 1.46 bits per heavy atom. The predicted octanol–water partition coefficient (Wildman–Crippen LogP) is 1.78. The number of carbonyl (C=O) groups is 2. The van der Waals surface area contributed by atoms with Gasteiger partial charge in [-0.1, -0.05) is 5.11 Å². The van der Waals surface area contributed by atoms with Crippen LogP contribution in [0, 0.1) is 5.92 Å². The summed E-state index contributed by atoms with van der Waals surface area (Å²) in [5.41, 5.74) is 7.83. The summed E-state index contributed by atoms with van der Waals surface area (Å²) in [4.78, 5) is 30.3. The molecule has 0 bridgehead atoms. The Balaban J connectivity index is 1.85. The maximum atomic E-state index is 12.2. The fourth-order valence-electron chi connectivity index (χ4n) is 2.87. The number of carbonyl (C=O) groups excluding carboxylic acids is 2. The molecule has 2 atom stereocenters. The summed E-state index contributed by atoms with van der Waals surface area (Å²) in [7, 11) is 0. The first-order valence-electron chi connectivity index (χ1n) is 8.16. The first-order chi connectivity index (χ1) is 11.3. The number of morpholine rings is 1. The number of hydrogen-bond donors (Lipinski definition) is 0. The lowest BCUT2D eigenvalue weighted by Crippen LogP contribution is -2.51. The molecule has 2 fully saturated rings. The summed E-state index contributed by atoms with van der Waals surface area (Å²) in [6.45, 7) is 8.12. The van der Waals surface area contributed by atoms with Gasteiger partial charge in [-0.25, -0.2) is 4.79 Å². The van der Waals surface area contributed by atoms with Crippen LogP contribution < -0.4 is 0 Å². The molecule has 2 heterocycles. The molecule has 9 heteroatoms. The van der Waals surface area contributed by atoms with Gasteiger partial charge in [-0.05, 0) is 32.2 Å². The Bertz CT molecular complexity index is 526. The van der Waals surface area contributed by atoms with Gasteiger partial charge in [-0.2, -0.15) is 0 Å². The highest BCUT2D eigenvalue weighted by atomic mass is 16.6. The largest absolute Gasteiger partial charge is 0.444 e. The van der Waals surface area contributed by atoms with Crippen molar-refractivity contribution in [2.24, 2.45) is 11.0 Å². The minimum atomic E-state index is -0.537. The summed E-state index contributed by atoms with van der Waals surface area (Å²) < 4.78 is 11.1. The van der Waals surface area contributed by atoms with E-state index < -0.39 is 5.60 Å². The van der Waals surface area contributed by atoms with Crippen LogP contribution in [0.4, 0.5) is 4.79 Å². The van der Waals surface area contributed by atoms with Crippen LogP contribution in [0.5, 0.6) is 0 Å². The number of amides is 2. The van der Waals surface area contributed by atoms with E-state index in [9.17, 15) is 9.59 Å². The molecule has 2 saturated heterocycles. The first kappa shape index (κ1) is 18.4. The third kappa shape index (κ3) is 5.28. The van der Waals surface area contributed by atoms with Crippen molar-refractivity contribution < 1.29 is 19.1 Å². The molecule has 2 rings (SSSR count). The van der Waals surface area contributed by atoms with E-state index in [-0.39, 0.29) is 24.0 Å². The van der Waals surface area contributed by atoms with E-state index in [0.29, 0.717) is 45.8 Å². The molecule has 0 radical (unpaired) electrons. The zero-order valence-corrected chi connectivity index (χ0v) is 14.5. The third-order valence-corrected chi connectivity index (χ3v) is 3.91. The van der Waals surface area contributed by atoms with Crippen LogP contribution in [0.15, 0.2) is 5.11 Å². The van der Waals surface area contributed by atoms with Crippen molar-refractivity contribution in [2.75, 3.05) is 39.3 Å². The number of rotatable bonds is 4. The third-order valence-electron chi connectivity index (χ3n) is 3.91. The van der Waals surface area contributed by atoms with Crippen LogP contribution in [0.25, 0.3) is 10.4 Å². The second-order valence-corrected chi connectivity index (χ2v) is 7.20. The van der Waals surface area contributed by atoms with Crippen molar-refractivity contribution in [3.63, 3.8) is 0 Å². The van der Waals surface area contributed by atoms with Gasteiger partial charge in [0.2, 0.25) is 5.91 Å². The van der Waals surface area contributed by atoms with Crippen LogP contribution in [-0.2, 0) is 14.3 Å². The number of ether oxygens (including phenoxy) is 2. The predicted molar refractivity (Wildman–Crippen MR) is 86.2 cm³/mol. The monoisotopic (exact) mass is 339 g/mol. The van der Waals surface area contributed by atoms with Crippen molar-refractivity contribution in [3.05, 3.63) is 10.4 Å². The molecule has 2 aliphatic rings. The second kappa shape index (κ2) is 7.72. The van der Waals surface area contributed by atoms with Crippen molar-refractivity contribution in [1.29, 1.82) is 0 Å². The van der Waals surface area contributed by atoms with Crippen LogP contribution in [0.1, 0.15) is 27.2 Å². The summed E-state index contributed by atoms with van der Waals surface area (Å²) in [6.07, 6.45) is -0.195. The van der Waals surface area contributed by atoms with Gasteiger partial charge < -0.3 is 19.3 Å². The summed E-state index contributed by atoms with van der Waals surface area (Å²) in [5, 5.41) is 3.54.